The van der Waals surface area contributed by atoms with Gasteiger partial charge in [-0.15, -0.1) is 24.0 Å². The molecule has 0 unspecified atom stereocenters. The molecule has 6 nitrogen and oxygen atoms in total. The van der Waals surface area contributed by atoms with Crippen LogP contribution in [0.1, 0.15) is 32.8 Å². The molecular weight excluding hydrogens is 445 g/mol. The van der Waals surface area contributed by atoms with Crippen LogP contribution in [0.3, 0.4) is 0 Å². The zero-order chi connectivity index (χ0) is 18.5. The van der Waals surface area contributed by atoms with Crippen LogP contribution in [-0.4, -0.2) is 46.5 Å². The van der Waals surface area contributed by atoms with E-state index in [4.69, 9.17) is 14.2 Å². The Bertz CT molecular complexity index is 525. The lowest BCUT2D eigenvalue weighted by molar-refractivity contribution is 0.108. The number of hydrogen-bond acceptors (Lipinski definition) is 4. The number of ether oxygens (including phenoxy) is 3. The maximum absolute atomic E-state index is 5.57. The molecule has 0 aromatic heterocycles. The molecular formula is C19H34IN3O3. The van der Waals surface area contributed by atoms with E-state index in [1.165, 1.54) is 0 Å². The van der Waals surface area contributed by atoms with Crippen LogP contribution < -0.4 is 20.1 Å². The monoisotopic (exact) mass is 479 g/mol. The van der Waals surface area contributed by atoms with Gasteiger partial charge in [0.25, 0.3) is 0 Å². The number of hydrogen-bond donors (Lipinski definition) is 2. The summed E-state index contributed by atoms with van der Waals surface area (Å²) >= 11 is 0. The quantitative estimate of drug-likeness (QED) is 0.220. The maximum Gasteiger partial charge on any atom is 0.191 e. The largest absolute Gasteiger partial charge is 0.493 e. The number of nitrogens with one attached hydrogen (secondary N) is 2. The van der Waals surface area contributed by atoms with Gasteiger partial charge in [0.05, 0.1) is 13.7 Å². The fraction of sp³-hybridized carbons (Fsp3) is 0.632. The summed E-state index contributed by atoms with van der Waals surface area (Å²) in [6, 6.07) is 5.93. The molecule has 150 valence electrons. The molecule has 0 saturated heterocycles. The minimum absolute atomic E-state index is 0. The SMILES string of the molecule is CCOc1ccc(CNC(=NC)NCCCOCC(C)C)cc1OC.I. The third-order valence-corrected chi connectivity index (χ3v) is 3.42. The van der Waals surface area contributed by atoms with Crippen molar-refractivity contribution in [3.05, 3.63) is 23.8 Å². The maximum atomic E-state index is 5.57. The van der Waals surface area contributed by atoms with Crippen molar-refractivity contribution in [2.24, 2.45) is 10.9 Å². The standard InChI is InChI=1S/C19H33N3O3.HI/c1-6-25-17-9-8-16(12-18(17)23-5)13-22-19(20-4)21-10-7-11-24-14-15(2)3;/h8-9,12,15H,6-7,10-11,13-14H2,1-5H3,(H2,20,21,22);1H. The molecule has 0 aliphatic heterocycles. The summed E-state index contributed by atoms with van der Waals surface area (Å²) in [5.74, 6) is 2.86. The van der Waals surface area contributed by atoms with E-state index in [9.17, 15) is 0 Å². The summed E-state index contributed by atoms with van der Waals surface area (Å²) in [5, 5.41) is 6.59. The fourth-order valence-corrected chi connectivity index (χ4v) is 2.20. The van der Waals surface area contributed by atoms with Gasteiger partial charge in [0.15, 0.2) is 17.5 Å². The Morgan fingerprint density at radius 1 is 1.19 bits per heavy atom. The summed E-state index contributed by atoms with van der Waals surface area (Å²) < 4.78 is 16.5. The molecule has 0 aliphatic rings. The second-order valence-electron chi connectivity index (χ2n) is 6.09. The molecule has 0 amide bonds. The summed E-state index contributed by atoms with van der Waals surface area (Å²) in [6.45, 7) is 9.94. The van der Waals surface area contributed by atoms with E-state index in [0.717, 1.165) is 49.2 Å². The van der Waals surface area contributed by atoms with Gasteiger partial charge in [0, 0.05) is 33.4 Å². The number of methoxy groups -OCH3 is 1. The Hall–Kier alpha value is -1.22. The summed E-state index contributed by atoms with van der Waals surface area (Å²) in [7, 11) is 3.42. The van der Waals surface area contributed by atoms with Gasteiger partial charge in [0.2, 0.25) is 0 Å². The van der Waals surface area contributed by atoms with Gasteiger partial charge in [-0.25, -0.2) is 0 Å². The third-order valence-electron chi connectivity index (χ3n) is 3.42. The summed E-state index contributed by atoms with van der Waals surface area (Å²) in [6.07, 6.45) is 0.949. The topological polar surface area (TPSA) is 64.1 Å². The van der Waals surface area contributed by atoms with Crippen molar-refractivity contribution < 1.29 is 14.2 Å². The fourth-order valence-electron chi connectivity index (χ4n) is 2.20. The molecule has 7 heteroatoms. The first-order valence-corrected chi connectivity index (χ1v) is 8.92. The molecule has 0 bridgehead atoms. The molecule has 0 aliphatic carbocycles. The molecule has 0 radical (unpaired) electrons. The molecule has 0 fully saturated rings. The first kappa shape index (κ1) is 24.8. The summed E-state index contributed by atoms with van der Waals surface area (Å²) in [4.78, 5) is 4.24. The zero-order valence-electron chi connectivity index (χ0n) is 16.6. The molecule has 2 N–H and O–H groups in total. The highest BCUT2D eigenvalue weighted by Crippen LogP contribution is 2.27. The average Bonchev–Trinajstić information content (AvgIpc) is 2.61. The van der Waals surface area contributed by atoms with Crippen LogP contribution in [0.4, 0.5) is 0 Å². The Labute approximate surface area is 175 Å². The zero-order valence-corrected chi connectivity index (χ0v) is 19.0. The van der Waals surface area contributed by atoms with Crippen LogP contribution in [0.15, 0.2) is 23.2 Å². The number of halogens is 1. The number of guanidine groups is 1. The lowest BCUT2D eigenvalue weighted by Gasteiger charge is -2.14. The number of aliphatic imine (C=N–C) groups is 1. The lowest BCUT2D eigenvalue weighted by Crippen LogP contribution is -2.37. The molecule has 1 aromatic rings. The van der Waals surface area contributed by atoms with Crippen molar-refractivity contribution in [1.82, 2.24) is 10.6 Å². The van der Waals surface area contributed by atoms with Crippen molar-refractivity contribution in [3.63, 3.8) is 0 Å². The number of rotatable bonds is 11. The predicted octanol–water partition coefficient (Wildman–Crippen LogP) is 3.44. The Balaban J connectivity index is 0.00000625. The van der Waals surface area contributed by atoms with E-state index in [0.29, 0.717) is 19.1 Å². The molecule has 26 heavy (non-hydrogen) atoms. The van der Waals surface area contributed by atoms with E-state index in [1.54, 1.807) is 14.2 Å². The summed E-state index contributed by atoms with van der Waals surface area (Å²) in [5.41, 5.74) is 1.10. The van der Waals surface area contributed by atoms with Crippen LogP contribution in [0, 0.1) is 5.92 Å². The van der Waals surface area contributed by atoms with E-state index in [2.05, 4.69) is 29.5 Å². The number of benzene rings is 1. The predicted molar refractivity (Wildman–Crippen MR) is 118 cm³/mol. The highest BCUT2D eigenvalue weighted by atomic mass is 127. The van der Waals surface area contributed by atoms with Crippen LogP contribution >= 0.6 is 24.0 Å². The average molecular weight is 479 g/mol. The minimum atomic E-state index is 0. The number of nitrogens with zero attached hydrogens (tertiary/aromatic N) is 1. The molecule has 0 saturated carbocycles. The van der Waals surface area contributed by atoms with Gasteiger partial charge < -0.3 is 24.8 Å². The van der Waals surface area contributed by atoms with Crippen molar-refractivity contribution in [3.8, 4) is 11.5 Å². The van der Waals surface area contributed by atoms with Crippen molar-refractivity contribution >= 4 is 29.9 Å². The van der Waals surface area contributed by atoms with Gasteiger partial charge in [-0.1, -0.05) is 19.9 Å². The van der Waals surface area contributed by atoms with E-state index >= 15 is 0 Å². The normalized spacial score (nSPS) is 11.1. The van der Waals surface area contributed by atoms with Gasteiger partial charge >= 0.3 is 0 Å². The molecule has 0 heterocycles. The lowest BCUT2D eigenvalue weighted by atomic mass is 10.2. The van der Waals surface area contributed by atoms with Crippen LogP contribution in [-0.2, 0) is 11.3 Å². The van der Waals surface area contributed by atoms with Crippen LogP contribution in [0.2, 0.25) is 0 Å². The van der Waals surface area contributed by atoms with Crippen molar-refractivity contribution in [2.75, 3.05) is 40.5 Å². The van der Waals surface area contributed by atoms with Gasteiger partial charge in [-0.2, -0.15) is 0 Å². The minimum Gasteiger partial charge on any atom is -0.493 e. The Morgan fingerprint density at radius 2 is 1.96 bits per heavy atom. The van der Waals surface area contributed by atoms with Crippen LogP contribution in [0.25, 0.3) is 0 Å². The van der Waals surface area contributed by atoms with Gasteiger partial charge in [0.1, 0.15) is 0 Å². The second kappa shape index (κ2) is 14.9. The van der Waals surface area contributed by atoms with E-state index in [-0.39, 0.29) is 24.0 Å². The van der Waals surface area contributed by atoms with Crippen molar-refractivity contribution in [2.45, 2.75) is 33.7 Å². The highest BCUT2D eigenvalue weighted by molar-refractivity contribution is 14.0. The van der Waals surface area contributed by atoms with Gasteiger partial charge in [-0.3, -0.25) is 4.99 Å². The Morgan fingerprint density at radius 3 is 2.58 bits per heavy atom. The third kappa shape index (κ3) is 10.1. The molecule has 1 aromatic carbocycles. The van der Waals surface area contributed by atoms with Crippen LogP contribution in [0.5, 0.6) is 11.5 Å². The van der Waals surface area contributed by atoms with Gasteiger partial charge in [-0.05, 0) is 37.0 Å². The van der Waals surface area contributed by atoms with E-state index < -0.39 is 0 Å². The first-order chi connectivity index (χ1) is 12.1. The highest BCUT2D eigenvalue weighted by Gasteiger charge is 2.06. The first-order valence-electron chi connectivity index (χ1n) is 8.92. The smallest absolute Gasteiger partial charge is 0.191 e. The molecule has 0 atom stereocenters. The van der Waals surface area contributed by atoms with Crippen molar-refractivity contribution in [1.29, 1.82) is 0 Å². The van der Waals surface area contributed by atoms with E-state index in [1.807, 2.05) is 25.1 Å². The molecule has 1 rings (SSSR count). The molecule has 0 spiro atoms. The Kier molecular flexibility index (Phi) is 14.2. The second-order valence-corrected chi connectivity index (χ2v) is 6.09.